The van der Waals surface area contributed by atoms with Gasteiger partial charge in [0.15, 0.2) is 11.5 Å². The second-order valence-electron chi connectivity index (χ2n) is 4.84. The fourth-order valence-corrected chi connectivity index (χ4v) is 2.40. The largest absolute Gasteiger partial charge is 0.489 e. The van der Waals surface area contributed by atoms with E-state index in [2.05, 4.69) is 12.2 Å². The van der Waals surface area contributed by atoms with Crippen molar-refractivity contribution in [2.24, 2.45) is 0 Å². The summed E-state index contributed by atoms with van der Waals surface area (Å²) in [5.74, 6) is 0.677. The lowest BCUT2D eigenvalue weighted by Crippen LogP contribution is -2.20. The molecular weight excluding hydrogens is 250 g/mol. The van der Waals surface area contributed by atoms with Gasteiger partial charge in [-0.2, -0.15) is 0 Å². The highest BCUT2D eigenvalue weighted by Gasteiger charge is 2.19. The maximum Gasteiger partial charge on any atom is 0.196 e. The lowest BCUT2D eigenvalue weighted by Gasteiger charge is -2.21. The average molecular weight is 267 g/mol. The molecule has 2 aromatic carbocycles. The number of aryl methyl sites for hydroxylation is 1. The maximum absolute atomic E-state index is 12.6. The topological polar surface area (TPSA) is 38.3 Å². The summed E-state index contributed by atoms with van der Waals surface area (Å²) in [7, 11) is 0. The third-order valence-corrected chi connectivity index (χ3v) is 3.55. The van der Waals surface area contributed by atoms with Crippen molar-refractivity contribution in [3.8, 4) is 5.75 Å². The van der Waals surface area contributed by atoms with Crippen LogP contribution in [-0.4, -0.2) is 18.9 Å². The number of fused-ring (bicyclic) bond motifs is 1. The molecule has 1 heterocycles. The zero-order chi connectivity index (χ0) is 13.9. The van der Waals surface area contributed by atoms with Gasteiger partial charge in [-0.3, -0.25) is 4.79 Å². The van der Waals surface area contributed by atoms with Crippen LogP contribution >= 0.6 is 0 Å². The van der Waals surface area contributed by atoms with Crippen LogP contribution in [0.15, 0.2) is 42.5 Å². The number of para-hydroxylation sites is 1. The van der Waals surface area contributed by atoms with Crippen LogP contribution in [0.1, 0.15) is 28.4 Å². The quantitative estimate of drug-likeness (QED) is 0.867. The second kappa shape index (κ2) is 5.37. The molecule has 0 aromatic heterocycles. The summed E-state index contributed by atoms with van der Waals surface area (Å²) >= 11 is 0. The van der Waals surface area contributed by atoms with Crippen LogP contribution in [0, 0.1) is 0 Å². The van der Waals surface area contributed by atoms with Crippen molar-refractivity contribution < 1.29 is 9.53 Å². The second-order valence-corrected chi connectivity index (χ2v) is 4.84. The molecule has 20 heavy (non-hydrogen) atoms. The maximum atomic E-state index is 12.6. The van der Waals surface area contributed by atoms with E-state index in [1.54, 1.807) is 0 Å². The minimum Gasteiger partial charge on any atom is -0.489 e. The van der Waals surface area contributed by atoms with Gasteiger partial charge in [0.05, 0.1) is 11.3 Å². The zero-order valence-corrected chi connectivity index (χ0v) is 11.5. The molecule has 0 unspecified atom stereocenters. The highest BCUT2D eigenvalue weighted by atomic mass is 16.5. The molecule has 3 nitrogen and oxygen atoms in total. The van der Waals surface area contributed by atoms with E-state index in [0.29, 0.717) is 23.5 Å². The molecule has 0 bridgehead atoms. The zero-order valence-electron chi connectivity index (χ0n) is 11.5. The molecule has 0 radical (unpaired) electrons. The summed E-state index contributed by atoms with van der Waals surface area (Å²) in [5, 5.41) is 3.25. The van der Waals surface area contributed by atoms with E-state index >= 15 is 0 Å². The highest BCUT2D eigenvalue weighted by Crippen LogP contribution is 2.32. The first kappa shape index (κ1) is 12.7. The Morgan fingerprint density at radius 1 is 1.20 bits per heavy atom. The van der Waals surface area contributed by atoms with Gasteiger partial charge in [0.25, 0.3) is 0 Å². The number of ketones is 1. The van der Waals surface area contributed by atoms with E-state index in [9.17, 15) is 4.79 Å². The fourth-order valence-electron chi connectivity index (χ4n) is 2.40. The van der Waals surface area contributed by atoms with Gasteiger partial charge in [0.2, 0.25) is 0 Å². The number of ether oxygens (including phenoxy) is 1. The standard InChI is InChI=1S/C17H17NO2/c1-2-12-6-8-13(9-7-12)16(19)14-4-3-5-15-17(14)20-11-10-18-15/h3-9,18H,2,10-11H2,1H3. The van der Waals surface area contributed by atoms with Gasteiger partial charge in [-0.15, -0.1) is 0 Å². The molecule has 102 valence electrons. The van der Waals surface area contributed by atoms with E-state index in [1.807, 2.05) is 42.5 Å². The molecular formula is C17H17NO2. The summed E-state index contributed by atoms with van der Waals surface area (Å²) < 4.78 is 5.66. The van der Waals surface area contributed by atoms with Crippen LogP contribution < -0.4 is 10.1 Å². The summed E-state index contributed by atoms with van der Waals surface area (Å²) in [6.07, 6.45) is 0.974. The van der Waals surface area contributed by atoms with Gasteiger partial charge in [-0.05, 0) is 24.1 Å². The van der Waals surface area contributed by atoms with Crippen LogP contribution in [0.4, 0.5) is 5.69 Å². The number of carbonyl (C=O) groups is 1. The van der Waals surface area contributed by atoms with Gasteiger partial charge in [0, 0.05) is 12.1 Å². The van der Waals surface area contributed by atoms with E-state index < -0.39 is 0 Å². The summed E-state index contributed by atoms with van der Waals surface area (Å²) in [5.41, 5.74) is 3.45. The molecule has 0 fully saturated rings. The van der Waals surface area contributed by atoms with Gasteiger partial charge < -0.3 is 10.1 Å². The van der Waals surface area contributed by atoms with E-state index in [0.717, 1.165) is 18.7 Å². The van der Waals surface area contributed by atoms with Gasteiger partial charge in [0.1, 0.15) is 6.61 Å². The number of nitrogens with one attached hydrogen (secondary N) is 1. The Labute approximate surface area is 118 Å². The van der Waals surface area contributed by atoms with Crippen molar-refractivity contribution >= 4 is 11.5 Å². The molecule has 0 amide bonds. The smallest absolute Gasteiger partial charge is 0.196 e. The first-order valence-electron chi connectivity index (χ1n) is 6.93. The molecule has 1 N–H and O–H groups in total. The van der Waals surface area contributed by atoms with Crippen LogP contribution in [0.2, 0.25) is 0 Å². The number of benzene rings is 2. The average Bonchev–Trinajstić information content (AvgIpc) is 2.54. The Balaban J connectivity index is 1.97. The van der Waals surface area contributed by atoms with E-state index in [1.165, 1.54) is 5.56 Å². The first-order valence-corrected chi connectivity index (χ1v) is 6.93. The lowest BCUT2D eigenvalue weighted by atomic mass is 9.99. The van der Waals surface area contributed by atoms with Gasteiger partial charge >= 0.3 is 0 Å². The van der Waals surface area contributed by atoms with Gasteiger partial charge in [-0.25, -0.2) is 0 Å². The third-order valence-electron chi connectivity index (χ3n) is 3.55. The summed E-state index contributed by atoms with van der Waals surface area (Å²) in [6.45, 7) is 3.46. The van der Waals surface area contributed by atoms with Crippen molar-refractivity contribution in [3.05, 3.63) is 59.2 Å². The Morgan fingerprint density at radius 2 is 2.00 bits per heavy atom. The number of anilines is 1. The number of rotatable bonds is 3. The Bertz CT molecular complexity index is 632. The van der Waals surface area contributed by atoms with Crippen molar-refractivity contribution in [3.63, 3.8) is 0 Å². The predicted octanol–water partition coefficient (Wildman–Crippen LogP) is 3.28. The third kappa shape index (κ3) is 2.27. The molecule has 0 saturated carbocycles. The molecule has 0 atom stereocenters. The molecule has 2 aromatic rings. The van der Waals surface area contributed by atoms with Crippen molar-refractivity contribution in [2.75, 3.05) is 18.5 Å². The Hall–Kier alpha value is -2.29. The van der Waals surface area contributed by atoms with E-state index in [-0.39, 0.29) is 5.78 Å². The normalized spacial score (nSPS) is 13.1. The van der Waals surface area contributed by atoms with Crippen LogP contribution in [0.25, 0.3) is 0 Å². The summed E-state index contributed by atoms with van der Waals surface area (Å²) in [6, 6.07) is 13.4. The fraction of sp³-hybridized carbons (Fsp3) is 0.235. The predicted molar refractivity (Wildman–Crippen MR) is 79.7 cm³/mol. The van der Waals surface area contributed by atoms with Crippen LogP contribution in [0.3, 0.4) is 0 Å². The first-order chi connectivity index (χ1) is 9.79. The molecule has 1 aliphatic heterocycles. The lowest BCUT2D eigenvalue weighted by molar-refractivity contribution is 0.103. The van der Waals surface area contributed by atoms with Crippen molar-refractivity contribution in [2.45, 2.75) is 13.3 Å². The Morgan fingerprint density at radius 3 is 2.75 bits per heavy atom. The minimum atomic E-state index is 0.00760. The van der Waals surface area contributed by atoms with Crippen molar-refractivity contribution in [1.29, 1.82) is 0 Å². The molecule has 0 spiro atoms. The number of carbonyl (C=O) groups excluding carboxylic acids is 1. The molecule has 3 rings (SSSR count). The van der Waals surface area contributed by atoms with Crippen LogP contribution in [-0.2, 0) is 6.42 Å². The molecule has 1 aliphatic rings. The molecule has 3 heteroatoms. The number of hydrogen-bond acceptors (Lipinski definition) is 3. The Kier molecular flexibility index (Phi) is 3.42. The SMILES string of the molecule is CCc1ccc(C(=O)c2cccc3c2OCCN3)cc1. The highest BCUT2D eigenvalue weighted by molar-refractivity contribution is 6.11. The monoisotopic (exact) mass is 267 g/mol. The van der Waals surface area contributed by atoms with E-state index in [4.69, 9.17) is 4.74 Å². The molecule has 0 saturated heterocycles. The van der Waals surface area contributed by atoms with Gasteiger partial charge in [-0.1, -0.05) is 37.3 Å². The van der Waals surface area contributed by atoms with Crippen LogP contribution in [0.5, 0.6) is 5.75 Å². The number of hydrogen-bond donors (Lipinski definition) is 1. The minimum absolute atomic E-state index is 0.00760. The van der Waals surface area contributed by atoms with Crippen molar-refractivity contribution in [1.82, 2.24) is 0 Å². The summed E-state index contributed by atoms with van der Waals surface area (Å²) in [4.78, 5) is 12.6. The molecule has 0 aliphatic carbocycles.